The Kier molecular flexibility index (Phi) is 4.63. The number of hydrogen-bond acceptors (Lipinski definition) is 5. The van der Waals surface area contributed by atoms with Gasteiger partial charge in [-0.15, -0.1) is 0 Å². The maximum atomic E-state index is 13.3. The van der Waals surface area contributed by atoms with Crippen molar-refractivity contribution in [2.24, 2.45) is 11.5 Å². The number of sulfonamides is 1. The van der Waals surface area contributed by atoms with Gasteiger partial charge < -0.3 is 17.2 Å². The van der Waals surface area contributed by atoms with Crippen molar-refractivity contribution in [2.75, 3.05) is 18.8 Å². The average Bonchev–Trinajstić information content (AvgIpc) is 2.30. The van der Waals surface area contributed by atoms with E-state index in [1.807, 2.05) is 0 Å². The lowest BCUT2D eigenvalue weighted by Crippen LogP contribution is -2.43. The highest BCUT2D eigenvalue weighted by Crippen LogP contribution is 2.24. The molecule has 0 aliphatic rings. The van der Waals surface area contributed by atoms with E-state index in [-0.39, 0.29) is 0 Å². The quantitative estimate of drug-likeness (QED) is 0.539. The van der Waals surface area contributed by atoms with Crippen molar-refractivity contribution < 1.29 is 22.4 Å². The van der Waals surface area contributed by atoms with Gasteiger partial charge in [0.05, 0.1) is 18.8 Å². The second kappa shape index (κ2) is 5.84. The van der Waals surface area contributed by atoms with Crippen LogP contribution in [0.3, 0.4) is 0 Å². The van der Waals surface area contributed by atoms with Gasteiger partial charge in [-0.05, 0) is 12.1 Å². The smallest absolute Gasteiger partial charge is 0.246 e. The molecule has 0 radical (unpaired) electrons. The van der Waals surface area contributed by atoms with Crippen LogP contribution in [0.1, 0.15) is 0 Å². The Hall–Kier alpha value is -2.20. The summed E-state index contributed by atoms with van der Waals surface area (Å²) in [6, 6.07) is 3.15. The first-order valence-corrected chi connectivity index (χ1v) is 6.71. The Bertz CT molecular complexity index is 631. The number of carbonyl (C=O) groups is 2. The van der Waals surface area contributed by atoms with E-state index >= 15 is 0 Å². The van der Waals surface area contributed by atoms with Crippen molar-refractivity contribution in [1.29, 1.82) is 0 Å². The predicted molar refractivity (Wildman–Crippen MR) is 68.0 cm³/mol. The zero-order valence-corrected chi connectivity index (χ0v) is 11.1. The summed E-state index contributed by atoms with van der Waals surface area (Å²) in [7, 11) is -4.38. The van der Waals surface area contributed by atoms with Crippen LogP contribution in [-0.4, -0.2) is 37.6 Å². The minimum Gasteiger partial charge on any atom is -0.395 e. The van der Waals surface area contributed by atoms with Crippen molar-refractivity contribution in [3.63, 3.8) is 0 Å². The lowest BCUT2D eigenvalue weighted by molar-refractivity contribution is -0.120. The van der Waals surface area contributed by atoms with E-state index in [9.17, 15) is 22.4 Å². The number of nitrogens with zero attached hydrogens (tertiary/aromatic N) is 1. The molecule has 0 aromatic heterocycles. The third-order valence-electron chi connectivity index (χ3n) is 2.30. The lowest BCUT2D eigenvalue weighted by atomic mass is 10.3. The van der Waals surface area contributed by atoms with Crippen molar-refractivity contribution in [3.05, 3.63) is 24.0 Å². The van der Waals surface area contributed by atoms with Crippen LogP contribution in [0.4, 0.5) is 10.1 Å². The zero-order chi connectivity index (χ0) is 15.5. The van der Waals surface area contributed by atoms with Crippen molar-refractivity contribution in [2.45, 2.75) is 4.90 Å². The number of carbonyl (C=O) groups excluding carboxylic acids is 2. The number of amides is 2. The molecule has 1 rings (SSSR count). The molecule has 110 valence electrons. The van der Waals surface area contributed by atoms with Crippen LogP contribution in [0, 0.1) is 5.82 Å². The number of nitrogens with two attached hydrogens (primary N) is 3. The molecule has 8 nitrogen and oxygen atoms in total. The van der Waals surface area contributed by atoms with Crippen LogP contribution in [0.5, 0.6) is 0 Å². The van der Waals surface area contributed by atoms with Crippen molar-refractivity contribution in [1.82, 2.24) is 4.31 Å². The number of para-hydroxylation sites is 1. The molecule has 0 fully saturated rings. The van der Waals surface area contributed by atoms with E-state index in [1.165, 1.54) is 0 Å². The minimum atomic E-state index is -4.38. The summed E-state index contributed by atoms with van der Waals surface area (Å²) in [6.45, 7) is -1.55. The van der Waals surface area contributed by atoms with E-state index in [2.05, 4.69) is 0 Å². The molecule has 6 N–H and O–H groups in total. The van der Waals surface area contributed by atoms with Gasteiger partial charge >= 0.3 is 0 Å². The molecule has 1 aromatic rings. The summed E-state index contributed by atoms with van der Waals surface area (Å²) in [6.07, 6.45) is 0. The highest BCUT2D eigenvalue weighted by Gasteiger charge is 2.29. The van der Waals surface area contributed by atoms with Crippen LogP contribution in [0.25, 0.3) is 0 Å². The van der Waals surface area contributed by atoms with E-state index in [0.29, 0.717) is 4.31 Å². The van der Waals surface area contributed by atoms with Crippen LogP contribution in [0.2, 0.25) is 0 Å². The van der Waals surface area contributed by atoms with E-state index < -0.39 is 51.3 Å². The molecule has 0 unspecified atom stereocenters. The van der Waals surface area contributed by atoms with E-state index in [4.69, 9.17) is 17.2 Å². The first kappa shape index (κ1) is 15.9. The monoisotopic (exact) mass is 304 g/mol. The second-order valence-corrected chi connectivity index (χ2v) is 5.76. The number of nitrogen functional groups attached to an aromatic ring is 1. The maximum Gasteiger partial charge on any atom is 0.246 e. The number of rotatable bonds is 6. The number of primary amides is 2. The molecule has 0 saturated carbocycles. The van der Waals surface area contributed by atoms with Crippen LogP contribution in [0.15, 0.2) is 23.1 Å². The molecule has 1 aromatic carbocycles. The molecule has 0 heterocycles. The van der Waals surface area contributed by atoms with Crippen molar-refractivity contribution in [3.8, 4) is 0 Å². The summed E-state index contributed by atoms with van der Waals surface area (Å²) < 4.78 is 38.2. The summed E-state index contributed by atoms with van der Waals surface area (Å²) in [5, 5.41) is 0. The summed E-state index contributed by atoms with van der Waals surface area (Å²) in [4.78, 5) is 21.2. The maximum absolute atomic E-state index is 13.3. The van der Waals surface area contributed by atoms with Gasteiger partial charge in [0.15, 0.2) is 0 Å². The molecule has 0 spiro atoms. The third-order valence-corrected chi connectivity index (χ3v) is 4.14. The Morgan fingerprint density at radius 2 is 1.65 bits per heavy atom. The van der Waals surface area contributed by atoms with Gasteiger partial charge in [0.1, 0.15) is 10.7 Å². The fourth-order valence-electron chi connectivity index (χ4n) is 1.45. The first-order chi connectivity index (χ1) is 9.16. The SMILES string of the molecule is NC(=O)CN(CC(N)=O)S(=O)(=O)c1cccc(F)c1N. The van der Waals surface area contributed by atoms with Crippen molar-refractivity contribution >= 4 is 27.5 Å². The Morgan fingerprint density at radius 3 is 2.10 bits per heavy atom. The molecule has 0 bridgehead atoms. The Balaban J connectivity index is 3.32. The Morgan fingerprint density at radius 1 is 1.15 bits per heavy atom. The van der Waals surface area contributed by atoms with Gasteiger partial charge in [-0.1, -0.05) is 6.07 Å². The number of anilines is 1. The fourth-order valence-corrected chi connectivity index (χ4v) is 2.95. The largest absolute Gasteiger partial charge is 0.395 e. The standard InChI is InChI=1S/C10H13FN4O4S/c11-6-2-1-3-7(10(6)14)20(18,19)15(4-8(12)16)5-9(13)17/h1-3H,4-5,14H2,(H2,12,16)(H2,13,17). The van der Waals surface area contributed by atoms with E-state index in [1.54, 1.807) is 0 Å². The van der Waals surface area contributed by atoms with Gasteiger partial charge in [0, 0.05) is 0 Å². The average molecular weight is 304 g/mol. The lowest BCUT2D eigenvalue weighted by Gasteiger charge is -2.20. The molecule has 0 aliphatic carbocycles. The topological polar surface area (TPSA) is 150 Å². The zero-order valence-electron chi connectivity index (χ0n) is 10.2. The predicted octanol–water partition coefficient (Wildman–Crippen LogP) is -1.63. The molecular formula is C10H13FN4O4S. The minimum absolute atomic E-state index is 0.433. The van der Waals surface area contributed by atoms with Gasteiger partial charge in [0.25, 0.3) is 0 Å². The van der Waals surface area contributed by atoms with Crippen LogP contribution >= 0.6 is 0 Å². The molecule has 20 heavy (non-hydrogen) atoms. The van der Waals surface area contributed by atoms with Gasteiger partial charge in [-0.25, -0.2) is 12.8 Å². The van der Waals surface area contributed by atoms with Gasteiger partial charge in [-0.2, -0.15) is 4.31 Å². The molecule has 0 atom stereocenters. The third kappa shape index (κ3) is 3.42. The number of benzene rings is 1. The normalized spacial score (nSPS) is 11.5. The highest BCUT2D eigenvalue weighted by atomic mass is 32.2. The highest BCUT2D eigenvalue weighted by molar-refractivity contribution is 7.89. The number of halogens is 1. The fraction of sp³-hybridized carbons (Fsp3) is 0.200. The van der Waals surface area contributed by atoms with E-state index in [0.717, 1.165) is 18.2 Å². The second-order valence-electron chi connectivity index (χ2n) is 3.86. The van der Waals surface area contributed by atoms with Gasteiger partial charge in [-0.3, -0.25) is 9.59 Å². The molecule has 10 heteroatoms. The molecular weight excluding hydrogens is 291 g/mol. The molecule has 0 saturated heterocycles. The molecule has 2 amide bonds. The molecule has 0 aliphatic heterocycles. The Labute approximate surface area is 114 Å². The van der Waals surface area contributed by atoms with Gasteiger partial charge in [0.2, 0.25) is 21.8 Å². The summed E-state index contributed by atoms with van der Waals surface area (Å²) in [5.41, 5.74) is 14.6. The summed E-state index contributed by atoms with van der Waals surface area (Å²) >= 11 is 0. The number of hydrogen-bond donors (Lipinski definition) is 3. The van der Waals surface area contributed by atoms with Crippen LogP contribution in [-0.2, 0) is 19.6 Å². The summed E-state index contributed by atoms with van der Waals surface area (Å²) in [5.74, 6) is -2.93. The van der Waals surface area contributed by atoms with Crippen LogP contribution < -0.4 is 17.2 Å². The first-order valence-electron chi connectivity index (χ1n) is 5.27.